The highest BCUT2D eigenvalue weighted by atomic mass is 35.5. The Balaban J connectivity index is 2.28. The van der Waals surface area contributed by atoms with E-state index in [4.69, 9.17) is 16.7 Å². The van der Waals surface area contributed by atoms with E-state index in [2.05, 4.69) is 4.98 Å². The number of aliphatic carboxylic acids is 1. The molecule has 6 heteroatoms. The van der Waals surface area contributed by atoms with Crippen LogP contribution in [0.15, 0.2) is 53.6 Å². The Labute approximate surface area is 130 Å². The second kappa shape index (κ2) is 5.61. The molecule has 0 unspecified atom stereocenters. The van der Waals surface area contributed by atoms with Gasteiger partial charge in [0.25, 0.3) is 5.56 Å². The molecular weight excluding hydrogens is 304 g/mol. The standard InChI is InChI=1S/C16H11ClN2O3/c17-11-6-4-10(5-7-11)12-2-1-3-13-15(12)16(22)19(9-18-13)8-14(20)21/h1-7,9H,8H2,(H,20,21). The van der Waals surface area contributed by atoms with Gasteiger partial charge < -0.3 is 5.11 Å². The summed E-state index contributed by atoms with van der Waals surface area (Å²) in [6.45, 7) is -0.420. The molecule has 0 bridgehead atoms. The average Bonchev–Trinajstić information content (AvgIpc) is 2.50. The highest BCUT2D eigenvalue weighted by molar-refractivity contribution is 6.30. The van der Waals surface area contributed by atoms with Crippen LogP contribution < -0.4 is 5.56 Å². The highest BCUT2D eigenvalue weighted by Gasteiger charge is 2.12. The maximum absolute atomic E-state index is 12.6. The quantitative estimate of drug-likeness (QED) is 0.807. The van der Waals surface area contributed by atoms with Crippen molar-refractivity contribution in [2.45, 2.75) is 6.54 Å². The summed E-state index contributed by atoms with van der Waals surface area (Å²) in [6.07, 6.45) is 1.25. The van der Waals surface area contributed by atoms with E-state index in [0.717, 1.165) is 10.1 Å². The molecule has 1 aromatic heterocycles. The Morgan fingerprint density at radius 1 is 1.18 bits per heavy atom. The molecule has 0 atom stereocenters. The first kappa shape index (κ1) is 14.3. The van der Waals surface area contributed by atoms with Crippen LogP contribution in [0.4, 0.5) is 0 Å². The molecule has 3 aromatic rings. The molecule has 110 valence electrons. The topological polar surface area (TPSA) is 72.2 Å². The van der Waals surface area contributed by atoms with E-state index >= 15 is 0 Å². The van der Waals surface area contributed by atoms with Gasteiger partial charge in [-0.05, 0) is 29.3 Å². The monoisotopic (exact) mass is 314 g/mol. The number of fused-ring (bicyclic) bond motifs is 1. The van der Waals surface area contributed by atoms with Gasteiger partial charge in [-0.25, -0.2) is 4.98 Å². The molecule has 0 aliphatic rings. The van der Waals surface area contributed by atoms with Crippen molar-refractivity contribution in [1.82, 2.24) is 9.55 Å². The smallest absolute Gasteiger partial charge is 0.323 e. The molecule has 0 amide bonds. The number of hydrogen-bond acceptors (Lipinski definition) is 3. The van der Waals surface area contributed by atoms with Crippen LogP contribution in [0.2, 0.25) is 5.02 Å². The molecule has 3 rings (SSSR count). The molecule has 22 heavy (non-hydrogen) atoms. The molecule has 2 aromatic carbocycles. The van der Waals surface area contributed by atoms with Gasteiger partial charge in [-0.15, -0.1) is 0 Å². The summed E-state index contributed by atoms with van der Waals surface area (Å²) >= 11 is 5.89. The number of hydrogen-bond donors (Lipinski definition) is 1. The van der Waals surface area contributed by atoms with Crippen LogP contribution in [-0.4, -0.2) is 20.6 Å². The minimum atomic E-state index is -1.09. The number of aromatic nitrogens is 2. The summed E-state index contributed by atoms with van der Waals surface area (Å²) in [6, 6.07) is 12.4. The third-order valence-corrected chi connectivity index (χ3v) is 3.57. The first-order valence-corrected chi connectivity index (χ1v) is 6.90. The van der Waals surface area contributed by atoms with Crippen molar-refractivity contribution >= 4 is 28.5 Å². The van der Waals surface area contributed by atoms with E-state index in [1.807, 2.05) is 12.1 Å². The highest BCUT2D eigenvalue weighted by Crippen LogP contribution is 2.26. The zero-order valence-corrected chi connectivity index (χ0v) is 12.1. The van der Waals surface area contributed by atoms with Gasteiger partial charge in [0.15, 0.2) is 0 Å². The number of carbonyl (C=O) groups is 1. The predicted octanol–water partition coefficient (Wildman–Crippen LogP) is 2.80. The maximum atomic E-state index is 12.6. The van der Waals surface area contributed by atoms with Crippen LogP contribution in [0.3, 0.4) is 0 Å². The summed E-state index contributed by atoms with van der Waals surface area (Å²) < 4.78 is 1.09. The third-order valence-electron chi connectivity index (χ3n) is 3.31. The second-order valence-corrected chi connectivity index (χ2v) is 5.21. The Morgan fingerprint density at radius 3 is 2.59 bits per heavy atom. The molecule has 1 heterocycles. The van der Waals surface area contributed by atoms with Crippen LogP contribution >= 0.6 is 11.6 Å². The molecule has 0 fully saturated rings. The zero-order chi connectivity index (χ0) is 15.7. The number of rotatable bonds is 3. The molecule has 0 radical (unpaired) electrons. The minimum Gasteiger partial charge on any atom is -0.480 e. The van der Waals surface area contributed by atoms with Crippen molar-refractivity contribution in [3.63, 3.8) is 0 Å². The molecule has 1 N–H and O–H groups in total. The van der Waals surface area contributed by atoms with Gasteiger partial charge >= 0.3 is 5.97 Å². The van der Waals surface area contributed by atoms with Gasteiger partial charge in [-0.1, -0.05) is 35.9 Å². The summed E-state index contributed by atoms with van der Waals surface area (Å²) in [5.74, 6) is -1.09. The zero-order valence-electron chi connectivity index (χ0n) is 11.4. The van der Waals surface area contributed by atoms with Crippen molar-refractivity contribution in [3.8, 4) is 11.1 Å². The van der Waals surface area contributed by atoms with E-state index < -0.39 is 12.5 Å². The minimum absolute atomic E-state index is 0.377. The summed E-state index contributed by atoms with van der Waals surface area (Å²) in [5, 5.41) is 9.88. The van der Waals surface area contributed by atoms with Gasteiger partial charge in [0.2, 0.25) is 0 Å². The lowest BCUT2D eigenvalue weighted by molar-refractivity contribution is -0.137. The van der Waals surface area contributed by atoms with Gasteiger partial charge in [-0.2, -0.15) is 0 Å². The Morgan fingerprint density at radius 2 is 1.91 bits per heavy atom. The average molecular weight is 315 g/mol. The predicted molar refractivity (Wildman–Crippen MR) is 84.1 cm³/mol. The fourth-order valence-electron chi connectivity index (χ4n) is 2.33. The first-order chi connectivity index (χ1) is 10.6. The lowest BCUT2D eigenvalue weighted by Gasteiger charge is -2.08. The van der Waals surface area contributed by atoms with Crippen molar-refractivity contribution in [1.29, 1.82) is 0 Å². The molecule has 0 aliphatic carbocycles. The lowest BCUT2D eigenvalue weighted by Crippen LogP contribution is -2.24. The second-order valence-electron chi connectivity index (χ2n) is 4.78. The molecule has 0 saturated carbocycles. The number of benzene rings is 2. The summed E-state index contributed by atoms with van der Waals surface area (Å²) in [7, 11) is 0. The van der Waals surface area contributed by atoms with Gasteiger partial charge in [0.1, 0.15) is 6.54 Å². The summed E-state index contributed by atoms with van der Waals surface area (Å²) in [4.78, 5) is 27.6. The molecule has 0 spiro atoms. The number of nitrogens with zero attached hydrogens (tertiary/aromatic N) is 2. The number of carboxylic acids is 1. The van der Waals surface area contributed by atoms with Crippen LogP contribution in [0.1, 0.15) is 0 Å². The molecular formula is C16H11ClN2O3. The SMILES string of the molecule is O=C(O)Cn1cnc2cccc(-c3ccc(Cl)cc3)c2c1=O. The number of carboxylic acid groups (broad SMARTS) is 1. The molecule has 0 aliphatic heterocycles. The Bertz CT molecular complexity index is 917. The first-order valence-electron chi connectivity index (χ1n) is 6.52. The third kappa shape index (κ3) is 2.58. The Hall–Kier alpha value is -2.66. The van der Waals surface area contributed by atoms with E-state index in [0.29, 0.717) is 21.5 Å². The number of halogens is 1. The van der Waals surface area contributed by atoms with Crippen molar-refractivity contribution < 1.29 is 9.90 Å². The largest absolute Gasteiger partial charge is 0.480 e. The van der Waals surface area contributed by atoms with E-state index in [1.165, 1.54) is 6.33 Å². The fourth-order valence-corrected chi connectivity index (χ4v) is 2.45. The van der Waals surface area contributed by atoms with Crippen molar-refractivity contribution in [2.24, 2.45) is 0 Å². The van der Waals surface area contributed by atoms with Gasteiger partial charge in [0, 0.05) is 5.02 Å². The summed E-state index contributed by atoms with van der Waals surface area (Å²) in [5.41, 5.74) is 1.67. The van der Waals surface area contributed by atoms with Crippen molar-refractivity contribution in [2.75, 3.05) is 0 Å². The Kier molecular flexibility index (Phi) is 3.65. The van der Waals surface area contributed by atoms with Gasteiger partial charge in [0.05, 0.1) is 17.2 Å². The van der Waals surface area contributed by atoms with E-state index in [9.17, 15) is 9.59 Å². The normalized spacial score (nSPS) is 10.8. The molecule has 0 saturated heterocycles. The van der Waals surface area contributed by atoms with E-state index in [1.54, 1.807) is 30.3 Å². The van der Waals surface area contributed by atoms with Crippen LogP contribution in [0.25, 0.3) is 22.0 Å². The maximum Gasteiger partial charge on any atom is 0.323 e. The van der Waals surface area contributed by atoms with Crippen LogP contribution in [-0.2, 0) is 11.3 Å². The van der Waals surface area contributed by atoms with Crippen LogP contribution in [0, 0.1) is 0 Å². The van der Waals surface area contributed by atoms with E-state index in [-0.39, 0.29) is 5.56 Å². The fraction of sp³-hybridized carbons (Fsp3) is 0.0625. The lowest BCUT2D eigenvalue weighted by atomic mass is 10.0. The van der Waals surface area contributed by atoms with Crippen LogP contribution in [0.5, 0.6) is 0 Å². The molecule has 5 nitrogen and oxygen atoms in total. The van der Waals surface area contributed by atoms with Crippen molar-refractivity contribution in [3.05, 3.63) is 64.2 Å². The van der Waals surface area contributed by atoms with Gasteiger partial charge in [-0.3, -0.25) is 14.2 Å².